The van der Waals surface area contributed by atoms with E-state index in [4.69, 9.17) is 19.1 Å². The Kier molecular flexibility index (Phi) is 35.9. The summed E-state index contributed by atoms with van der Waals surface area (Å²) in [6.07, 6.45) is 41.7. The zero-order chi connectivity index (χ0) is 39.1. The fraction of sp³-hybridized carbons (Fsp3) is 0.667. The molecule has 0 amide bonds. The molecule has 0 aliphatic heterocycles. The van der Waals surface area contributed by atoms with Crippen molar-refractivity contribution in [1.82, 2.24) is 0 Å². The number of ether oxygens (including phenoxy) is 2. The number of aliphatic hydroxyl groups excluding tert-OH is 2. The van der Waals surface area contributed by atoms with Crippen molar-refractivity contribution in [2.45, 2.75) is 154 Å². The summed E-state index contributed by atoms with van der Waals surface area (Å²) in [5.74, 6) is -1.02. The molecule has 304 valence electrons. The van der Waals surface area contributed by atoms with Crippen LogP contribution in [0.3, 0.4) is 0 Å². The molecule has 0 saturated carbocycles. The zero-order valence-corrected chi connectivity index (χ0v) is 33.6. The number of phosphoric acid groups is 1. The van der Waals surface area contributed by atoms with Crippen molar-refractivity contribution in [1.29, 1.82) is 0 Å². The highest BCUT2D eigenvalue weighted by Crippen LogP contribution is 2.43. The molecule has 0 heterocycles. The Hall–Kier alpha value is -2.59. The van der Waals surface area contributed by atoms with E-state index in [2.05, 4.69) is 60.9 Å². The van der Waals surface area contributed by atoms with Gasteiger partial charge in [0.15, 0.2) is 6.10 Å². The molecular weight excluding hydrogens is 695 g/mol. The van der Waals surface area contributed by atoms with Crippen molar-refractivity contribution in [3.8, 4) is 0 Å². The summed E-state index contributed by atoms with van der Waals surface area (Å²) in [6, 6.07) is 0. The topological polar surface area (TPSA) is 149 Å². The summed E-state index contributed by atoms with van der Waals surface area (Å²) >= 11 is 0. The van der Waals surface area contributed by atoms with Crippen LogP contribution < -0.4 is 0 Å². The number of phosphoric ester groups is 1. The second kappa shape index (κ2) is 37.7. The molecule has 11 heteroatoms. The summed E-state index contributed by atoms with van der Waals surface area (Å²) in [5, 5.41) is 18.3. The van der Waals surface area contributed by atoms with Crippen LogP contribution in [0.4, 0.5) is 0 Å². The molecule has 3 atom stereocenters. The average Bonchev–Trinajstić information content (AvgIpc) is 3.14. The molecule has 0 radical (unpaired) electrons. The van der Waals surface area contributed by atoms with Crippen LogP contribution in [0.15, 0.2) is 72.9 Å². The summed E-state index contributed by atoms with van der Waals surface area (Å²) in [5.41, 5.74) is 0. The highest BCUT2D eigenvalue weighted by atomic mass is 31.2. The van der Waals surface area contributed by atoms with Gasteiger partial charge >= 0.3 is 19.8 Å². The summed E-state index contributed by atoms with van der Waals surface area (Å²) < 4.78 is 32.5. The molecule has 10 nitrogen and oxygen atoms in total. The van der Waals surface area contributed by atoms with Gasteiger partial charge in [-0.15, -0.1) is 0 Å². The third kappa shape index (κ3) is 37.5. The molecule has 2 unspecified atom stereocenters. The standard InChI is InChI=1S/C42H71O10P/c1-3-5-7-9-11-13-15-17-18-19-20-22-23-25-27-29-31-33-41(45)49-37-40(38-51-53(47,48)50-36-39(44)35-43)52-42(46)34-32-30-28-26-24-21-16-14-12-10-8-6-4-2/h6,8,10,12,14,16-18,20,22,25,27,39-40,43-44H,3-5,7,9,11,13,15,19,21,23-24,26,28-38H2,1-2H3,(H,47,48)/b8-6+,12-10+,16-14+,18-17+,22-20+,27-25+/t39-,40?/m0/s1. The highest BCUT2D eigenvalue weighted by Gasteiger charge is 2.27. The molecule has 0 aromatic carbocycles. The van der Waals surface area contributed by atoms with Crippen molar-refractivity contribution in [2.75, 3.05) is 26.4 Å². The number of hydrogen-bond acceptors (Lipinski definition) is 9. The predicted octanol–water partition coefficient (Wildman–Crippen LogP) is 10.1. The minimum Gasteiger partial charge on any atom is -0.462 e. The lowest BCUT2D eigenvalue weighted by molar-refractivity contribution is -0.161. The SMILES string of the molecule is CC/C=C/C=C/C=C/CCCCCCCC(=O)OC(COC(=O)CCC/C=C/C/C=C/C/C=C/CCCCCCCC)COP(=O)(O)OC[C@@H](O)CO. The van der Waals surface area contributed by atoms with E-state index in [0.29, 0.717) is 19.3 Å². The summed E-state index contributed by atoms with van der Waals surface area (Å²) in [4.78, 5) is 34.8. The Morgan fingerprint density at radius 1 is 0.604 bits per heavy atom. The Bertz CT molecular complexity index is 1110. The monoisotopic (exact) mass is 766 g/mol. The van der Waals surface area contributed by atoms with Gasteiger partial charge in [0.1, 0.15) is 12.7 Å². The number of carbonyl (C=O) groups excluding carboxylic acids is 2. The number of carbonyl (C=O) groups is 2. The van der Waals surface area contributed by atoms with E-state index in [1.54, 1.807) is 0 Å². The van der Waals surface area contributed by atoms with Crippen LogP contribution in [0.5, 0.6) is 0 Å². The molecule has 0 fully saturated rings. The van der Waals surface area contributed by atoms with Gasteiger partial charge in [0.2, 0.25) is 0 Å². The van der Waals surface area contributed by atoms with E-state index in [0.717, 1.165) is 57.8 Å². The lowest BCUT2D eigenvalue weighted by Crippen LogP contribution is -2.29. The van der Waals surface area contributed by atoms with Crippen molar-refractivity contribution >= 4 is 19.8 Å². The normalized spacial score (nSPS) is 14.7. The van der Waals surface area contributed by atoms with Crippen LogP contribution in [0.1, 0.15) is 142 Å². The third-order valence-electron chi connectivity index (χ3n) is 7.91. The molecule has 0 aromatic rings. The van der Waals surface area contributed by atoms with Gasteiger partial charge in [-0.25, -0.2) is 4.57 Å². The first-order valence-electron chi connectivity index (χ1n) is 19.9. The smallest absolute Gasteiger partial charge is 0.462 e. The van der Waals surface area contributed by atoms with Crippen molar-refractivity contribution < 1.29 is 47.8 Å². The molecule has 3 N–H and O–H groups in total. The van der Waals surface area contributed by atoms with Gasteiger partial charge in [-0.1, -0.05) is 138 Å². The van der Waals surface area contributed by atoms with E-state index in [9.17, 15) is 24.2 Å². The van der Waals surface area contributed by atoms with Gasteiger partial charge in [0.25, 0.3) is 0 Å². The Morgan fingerprint density at radius 3 is 1.77 bits per heavy atom. The Balaban J connectivity index is 4.47. The van der Waals surface area contributed by atoms with Crippen LogP contribution in [-0.4, -0.2) is 65.7 Å². The minimum absolute atomic E-state index is 0.147. The van der Waals surface area contributed by atoms with Gasteiger partial charge in [0.05, 0.1) is 19.8 Å². The van der Waals surface area contributed by atoms with Crippen LogP contribution in [0.25, 0.3) is 0 Å². The minimum atomic E-state index is -4.63. The van der Waals surface area contributed by atoms with Gasteiger partial charge in [0, 0.05) is 12.8 Å². The highest BCUT2D eigenvalue weighted by molar-refractivity contribution is 7.47. The molecule has 0 aliphatic carbocycles. The zero-order valence-electron chi connectivity index (χ0n) is 32.7. The number of esters is 2. The summed E-state index contributed by atoms with van der Waals surface area (Å²) in [7, 11) is -4.63. The molecule has 0 aliphatic rings. The number of rotatable bonds is 36. The van der Waals surface area contributed by atoms with Gasteiger partial charge < -0.3 is 24.6 Å². The number of allylic oxidation sites excluding steroid dienone is 12. The maximum Gasteiger partial charge on any atom is 0.472 e. The van der Waals surface area contributed by atoms with E-state index >= 15 is 0 Å². The van der Waals surface area contributed by atoms with Crippen LogP contribution in [-0.2, 0) is 32.7 Å². The largest absolute Gasteiger partial charge is 0.472 e. The first-order chi connectivity index (χ1) is 25.7. The van der Waals surface area contributed by atoms with Crippen molar-refractivity contribution in [3.05, 3.63) is 72.9 Å². The molecule has 0 bridgehead atoms. The fourth-order valence-electron chi connectivity index (χ4n) is 4.83. The average molecular weight is 767 g/mol. The lowest BCUT2D eigenvalue weighted by atomic mass is 10.1. The quantitative estimate of drug-likeness (QED) is 0.0185. The molecule has 0 spiro atoms. The molecule has 0 saturated heterocycles. The first-order valence-corrected chi connectivity index (χ1v) is 21.4. The number of hydrogen-bond donors (Lipinski definition) is 3. The van der Waals surface area contributed by atoms with E-state index in [-0.39, 0.29) is 19.4 Å². The van der Waals surface area contributed by atoms with E-state index in [1.807, 2.05) is 30.4 Å². The number of aliphatic hydroxyl groups is 2. The van der Waals surface area contributed by atoms with Crippen molar-refractivity contribution in [3.63, 3.8) is 0 Å². The van der Waals surface area contributed by atoms with Gasteiger partial charge in [-0.05, 0) is 64.2 Å². The van der Waals surface area contributed by atoms with Crippen LogP contribution >= 0.6 is 7.82 Å². The second-order valence-corrected chi connectivity index (χ2v) is 14.4. The van der Waals surface area contributed by atoms with E-state index in [1.165, 1.54) is 38.5 Å². The third-order valence-corrected chi connectivity index (χ3v) is 8.86. The van der Waals surface area contributed by atoms with E-state index < -0.39 is 51.8 Å². The molecular formula is C42H71O10P. The Morgan fingerprint density at radius 2 is 1.13 bits per heavy atom. The first kappa shape index (κ1) is 50.4. The lowest BCUT2D eigenvalue weighted by Gasteiger charge is -2.20. The molecule has 0 aromatic heterocycles. The Labute approximate surface area is 320 Å². The predicted molar refractivity (Wildman–Crippen MR) is 214 cm³/mol. The van der Waals surface area contributed by atoms with Crippen LogP contribution in [0.2, 0.25) is 0 Å². The maximum absolute atomic E-state index is 12.5. The van der Waals surface area contributed by atoms with Crippen molar-refractivity contribution in [2.24, 2.45) is 0 Å². The van der Waals surface area contributed by atoms with Gasteiger partial charge in [-0.3, -0.25) is 18.6 Å². The summed E-state index contributed by atoms with van der Waals surface area (Å²) in [6.45, 7) is 2.13. The molecule has 53 heavy (non-hydrogen) atoms. The second-order valence-electron chi connectivity index (χ2n) is 13.0. The number of unbranched alkanes of at least 4 members (excludes halogenated alkanes) is 12. The fourth-order valence-corrected chi connectivity index (χ4v) is 5.62. The maximum atomic E-state index is 12.5. The molecule has 0 rings (SSSR count). The van der Waals surface area contributed by atoms with Gasteiger partial charge in [-0.2, -0.15) is 0 Å². The van der Waals surface area contributed by atoms with Crippen LogP contribution in [0, 0.1) is 0 Å².